The van der Waals surface area contributed by atoms with Gasteiger partial charge in [-0.3, -0.25) is 14.4 Å². The number of ketones is 1. The van der Waals surface area contributed by atoms with E-state index < -0.39 is 0 Å². The van der Waals surface area contributed by atoms with Gasteiger partial charge in [-0.25, -0.2) is 4.90 Å². The predicted octanol–water partition coefficient (Wildman–Crippen LogP) is 1.90. The lowest BCUT2D eigenvalue weighted by molar-refractivity contribution is -0.122. The van der Waals surface area contributed by atoms with Gasteiger partial charge in [0.15, 0.2) is 5.78 Å². The molecule has 0 saturated heterocycles. The van der Waals surface area contributed by atoms with Crippen molar-refractivity contribution in [3.8, 4) is 5.75 Å². The Morgan fingerprint density at radius 3 is 2.00 bits per heavy atom. The quantitative estimate of drug-likeness (QED) is 0.468. The molecule has 0 radical (unpaired) electrons. The van der Waals surface area contributed by atoms with Crippen LogP contribution in [0, 0.1) is 0 Å². The van der Waals surface area contributed by atoms with E-state index in [1.807, 2.05) is 0 Å². The van der Waals surface area contributed by atoms with Gasteiger partial charge >= 0.3 is 0 Å². The number of nitrogens with zero attached hydrogens (tertiary/aromatic N) is 1. The molecule has 0 aromatic heterocycles. The van der Waals surface area contributed by atoms with Crippen molar-refractivity contribution in [3.63, 3.8) is 0 Å². The molecule has 7 heteroatoms. The van der Waals surface area contributed by atoms with Gasteiger partial charge in [0.1, 0.15) is 19.0 Å². The van der Waals surface area contributed by atoms with Crippen molar-refractivity contribution in [2.75, 3.05) is 37.9 Å². The number of hydrogen-bond donors (Lipinski definition) is 0. The maximum atomic E-state index is 12.1. The van der Waals surface area contributed by atoms with Crippen LogP contribution in [0.4, 0.5) is 5.69 Å². The zero-order chi connectivity index (χ0) is 19.1. The van der Waals surface area contributed by atoms with E-state index in [-0.39, 0.29) is 24.2 Å². The second-order valence-electron chi connectivity index (χ2n) is 5.91. The van der Waals surface area contributed by atoms with Crippen molar-refractivity contribution in [1.29, 1.82) is 0 Å². The fourth-order valence-corrected chi connectivity index (χ4v) is 2.33. The summed E-state index contributed by atoms with van der Waals surface area (Å²) in [5.41, 5.74) is 1.46. The van der Waals surface area contributed by atoms with Crippen LogP contribution in [-0.2, 0) is 23.9 Å². The molecule has 0 unspecified atom stereocenters. The number of amides is 2. The fourth-order valence-electron chi connectivity index (χ4n) is 2.33. The maximum absolute atomic E-state index is 12.1. The standard InChI is InChI=1S/C19H23NO6/c1-13(21)12-25-9-8-24-10-11-26-17-6-4-16(5-7-17)20-18(22)14(2)15(3)19(20)23/h4-7H,8-12H2,1-3H3. The predicted molar refractivity (Wildman–Crippen MR) is 95.1 cm³/mol. The minimum absolute atomic E-state index is 0.0183. The van der Waals surface area contributed by atoms with Crippen LogP contribution in [0.5, 0.6) is 5.75 Å². The average molecular weight is 361 g/mol. The molecule has 1 aromatic carbocycles. The Bertz CT molecular complexity index is 683. The monoisotopic (exact) mass is 361 g/mol. The van der Waals surface area contributed by atoms with Crippen LogP contribution in [0.2, 0.25) is 0 Å². The van der Waals surface area contributed by atoms with Crippen LogP contribution in [-0.4, -0.2) is 50.6 Å². The van der Waals surface area contributed by atoms with E-state index in [1.165, 1.54) is 11.8 Å². The summed E-state index contributed by atoms with van der Waals surface area (Å²) in [6.07, 6.45) is 0. The van der Waals surface area contributed by atoms with Crippen LogP contribution < -0.4 is 9.64 Å². The van der Waals surface area contributed by atoms with E-state index >= 15 is 0 Å². The molecule has 0 atom stereocenters. The third kappa shape index (κ3) is 5.00. The minimum Gasteiger partial charge on any atom is -0.491 e. The van der Waals surface area contributed by atoms with Crippen molar-refractivity contribution in [2.24, 2.45) is 0 Å². The van der Waals surface area contributed by atoms with Gasteiger partial charge in [-0.05, 0) is 45.0 Å². The Kier molecular flexibility index (Phi) is 7.06. The highest BCUT2D eigenvalue weighted by Crippen LogP contribution is 2.27. The second kappa shape index (κ2) is 9.26. The summed E-state index contributed by atoms with van der Waals surface area (Å²) >= 11 is 0. The van der Waals surface area contributed by atoms with Gasteiger partial charge in [0.2, 0.25) is 0 Å². The first kappa shape index (κ1) is 19.8. The normalized spacial score (nSPS) is 14.3. The summed E-state index contributed by atoms with van der Waals surface area (Å²) in [4.78, 5) is 36.1. The zero-order valence-corrected chi connectivity index (χ0v) is 15.2. The number of anilines is 1. The zero-order valence-electron chi connectivity index (χ0n) is 15.2. The second-order valence-corrected chi connectivity index (χ2v) is 5.91. The van der Waals surface area contributed by atoms with Gasteiger partial charge < -0.3 is 14.2 Å². The number of Topliss-reactive ketones (excluding diaryl/α,β-unsaturated/α-hetero) is 1. The van der Waals surface area contributed by atoms with Crippen LogP contribution in [0.1, 0.15) is 20.8 Å². The van der Waals surface area contributed by atoms with Gasteiger partial charge in [-0.15, -0.1) is 0 Å². The first-order chi connectivity index (χ1) is 12.4. The lowest BCUT2D eigenvalue weighted by Gasteiger charge is -2.15. The van der Waals surface area contributed by atoms with Crippen molar-refractivity contribution in [2.45, 2.75) is 20.8 Å². The molecule has 0 bridgehead atoms. The highest BCUT2D eigenvalue weighted by atomic mass is 16.5. The van der Waals surface area contributed by atoms with E-state index in [1.54, 1.807) is 38.1 Å². The molecule has 0 N–H and O–H groups in total. The summed E-state index contributed by atoms with van der Waals surface area (Å²) in [6, 6.07) is 6.75. The number of imide groups is 1. The van der Waals surface area contributed by atoms with Crippen molar-refractivity contribution in [3.05, 3.63) is 35.4 Å². The van der Waals surface area contributed by atoms with Crippen molar-refractivity contribution >= 4 is 23.3 Å². The molecule has 1 heterocycles. The number of carbonyl (C=O) groups is 3. The molecule has 140 valence electrons. The van der Waals surface area contributed by atoms with Crippen LogP contribution in [0.3, 0.4) is 0 Å². The third-order valence-corrected chi connectivity index (χ3v) is 3.88. The molecule has 1 aliphatic heterocycles. The lowest BCUT2D eigenvalue weighted by atomic mass is 10.2. The summed E-state index contributed by atoms with van der Waals surface area (Å²) in [6.45, 7) is 6.36. The van der Waals surface area contributed by atoms with Crippen LogP contribution >= 0.6 is 0 Å². The minimum atomic E-state index is -0.290. The van der Waals surface area contributed by atoms with Crippen LogP contribution in [0.15, 0.2) is 35.4 Å². The molecular weight excluding hydrogens is 338 g/mol. The smallest absolute Gasteiger partial charge is 0.261 e. The van der Waals surface area contributed by atoms with E-state index in [0.717, 1.165) is 0 Å². The number of ether oxygens (including phenoxy) is 3. The molecule has 7 nitrogen and oxygen atoms in total. The van der Waals surface area contributed by atoms with Crippen molar-refractivity contribution in [1.82, 2.24) is 0 Å². The van der Waals surface area contributed by atoms with E-state index in [0.29, 0.717) is 49.0 Å². The number of carbonyl (C=O) groups excluding carboxylic acids is 3. The van der Waals surface area contributed by atoms with E-state index in [4.69, 9.17) is 14.2 Å². The molecule has 26 heavy (non-hydrogen) atoms. The van der Waals surface area contributed by atoms with Gasteiger partial charge in [-0.2, -0.15) is 0 Å². The van der Waals surface area contributed by atoms with Gasteiger partial charge in [-0.1, -0.05) is 0 Å². The molecule has 0 spiro atoms. The summed E-state index contributed by atoms with van der Waals surface area (Å²) in [5.74, 6) is 0.0176. The number of hydrogen-bond acceptors (Lipinski definition) is 6. The molecular formula is C19H23NO6. The highest BCUT2D eigenvalue weighted by Gasteiger charge is 2.34. The largest absolute Gasteiger partial charge is 0.491 e. The fraction of sp³-hybridized carbons (Fsp3) is 0.421. The molecule has 1 aromatic rings. The molecule has 0 aliphatic carbocycles. The first-order valence-electron chi connectivity index (χ1n) is 8.36. The lowest BCUT2D eigenvalue weighted by Crippen LogP contribution is -2.31. The van der Waals surface area contributed by atoms with Gasteiger partial charge in [0.05, 0.1) is 25.5 Å². The Morgan fingerprint density at radius 2 is 1.42 bits per heavy atom. The van der Waals surface area contributed by atoms with Gasteiger partial charge in [0, 0.05) is 11.1 Å². The van der Waals surface area contributed by atoms with Crippen molar-refractivity contribution < 1.29 is 28.6 Å². The third-order valence-electron chi connectivity index (χ3n) is 3.88. The number of rotatable bonds is 10. The van der Waals surface area contributed by atoms with Gasteiger partial charge in [0.25, 0.3) is 11.8 Å². The maximum Gasteiger partial charge on any atom is 0.261 e. The summed E-state index contributed by atoms with van der Waals surface area (Å²) in [5, 5.41) is 0. The molecule has 0 saturated carbocycles. The van der Waals surface area contributed by atoms with Crippen LogP contribution in [0.25, 0.3) is 0 Å². The molecule has 2 amide bonds. The van der Waals surface area contributed by atoms with E-state index in [9.17, 15) is 14.4 Å². The summed E-state index contributed by atoms with van der Waals surface area (Å²) in [7, 11) is 0. The number of benzene rings is 1. The molecule has 2 rings (SSSR count). The Labute approximate surface area is 152 Å². The molecule has 0 fully saturated rings. The molecule has 1 aliphatic rings. The SMILES string of the molecule is CC(=O)COCCOCCOc1ccc(N2C(=O)C(C)=C(C)C2=O)cc1. The Balaban J connectivity index is 1.73. The average Bonchev–Trinajstić information content (AvgIpc) is 2.81. The Hall–Kier alpha value is -2.51. The topological polar surface area (TPSA) is 82.1 Å². The van der Waals surface area contributed by atoms with E-state index in [2.05, 4.69) is 0 Å². The summed E-state index contributed by atoms with van der Waals surface area (Å²) < 4.78 is 16.0. The Morgan fingerprint density at radius 1 is 0.885 bits per heavy atom. The first-order valence-corrected chi connectivity index (χ1v) is 8.36. The highest BCUT2D eigenvalue weighted by molar-refractivity contribution is 6.32.